The Morgan fingerprint density at radius 1 is 1.29 bits per heavy atom. The lowest BCUT2D eigenvalue weighted by atomic mass is 10.3. The minimum absolute atomic E-state index is 0.0696. The molecule has 5 nitrogen and oxygen atoms in total. The molecular weight excluding hydrogens is 240 g/mol. The normalized spacial score (nSPS) is 12.6. The number of hydrogen-bond donors (Lipinski definition) is 1. The Labute approximate surface area is 101 Å². The van der Waals surface area contributed by atoms with Gasteiger partial charge in [0.25, 0.3) is 5.56 Å². The van der Waals surface area contributed by atoms with Gasteiger partial charge in [0, 0.05) is 24.5 Å². The highest BCUT2D eigenvalue weighted by molar-refractivity contribution is 7.92. The van der Waals surface area contributed by atoms with Crippen LogP contribution in [0.5, 0.6) is 0 Å². The van der Waals surface area contributed by atoms with E-state index in [4.69, 9.17) is 5.73 Å². The van der Waals surface area contributed by atoms with Crippen LogP contribution in [0.1, 0.15) is 20.8 Å². The number of rotatable bonds is 3. The Kier molecular flexibility index (Phi) is 3.66. The molecule has 0 aliphatic carbocycles. The summed E-state index contributed by atoms with van der Waals surface area (Å²) in [5, 5.41) is 0. The Morgan fingerprint density at radius 2 is 1.88 bits per heavy atom. The van der Waals surface area contributed by atoms with E-state index in [0.29, 0.717) is 5.69 Å². The van der Waals surface area contributed by atoms with Crippen molar-refractivity contribution < 1.29 is 8.42 Å². The minimum atomic E-state index is -3.23. The molecule has 1 rings (SSSR count). The fourth-order valence-electron chi connectivity index (χ4n) is 1.25. The summed E-state index contributed by atoms with van der Waals surface area (Å²) in [5.74, 6) is -0.0696. The van der Waals surface area contributed by atoms with Crippen LogP contribution in [0.4, 0.5) is 5.69 Å². The van der Waals surface area contributed by atoms with Crippen molar-refractivity contribution in [3.05, 3.63) is 28.7 Å². The molecule has 2 N–H and O–H groups in total. The second-order valence-electron chi connectivity index (χ2n) is 4.93. The zero-order chi connectivity index (χ0) is 13.3. The predicted octanol–water partition coefficient (Wildman–Crippen LogP) is 0.644. The van der Waals surface area contributed by atoms with E-state index in [1.807, 2.05) is 0 Å². The smallest absolute Gasteiger partial charge is 0.250 e. The molecule has 0 aromatic carbocycles. The van der Waals surface area contributed by atoms with E-state index in [0.717, 1.165) is 0 Å². The SMILES string of the molecule is CC(C)(C)S(=O)(=O)CCn1cc(N)ccc1=O. The number of sulfone groups is 1. The molecule has 0 radical (unpaired) electrons. The van der Waals surface area contributed by atoms with Crippen LogP contribution in [-0.4, -0.2) is 23.5 Å². The molecule has 6 heteroatoms. The maximum Gasteiger partial charge on any atom is 0.250 e. The summed E-state index contributed by atoms with van der Waals surface area (Å²) in [5.41, 5.74) is 5.74. The topological polar surface area (TPSA) is 82.2 Å². The van der Waals surface area contributed by atoms with Crippen molar-refractivity contribution in [3.63, 3.8) is 0 Å². The average Bonchev–Trinajstić information content (AvgIpc) is 2.18. The molecule has 0 saturated heterocycles. The van der Waals surface area contributed by atoms with Crippen LogP contribution in [0.3, 0.4) is 0 Å². The molecule has 0 spiro atoms. The number of anilines is 1. The van der Waals surface area contributed by atoms with Crippen LogP contribution in [0, 0.1) is 0 Å². The minimum Gasteiger partial charge on any atom is -0.398 e. The van der Waals surface area contributed by atoms with E-state index in [2.05, 4.69) is 0 Å². The summed E-state index contributed by atoms with van der Waals surface area (Å²) in [4.78, 5) is 11.5. The van der Waals surface area contributed by atoms with Gasteiger partial charge in [0.1, 0.15) is 0 Å². The summed E-state index contributed by atoms with van der Waals surface area (Å²) in [6.45, 7) is 5.06. The Morgan fingerprint density at radius 3 is 2.41 bits per heavy atom. The van der Waals surface area contributed by atoms with Gasteiger partial charge in [0.2, 0.25) is 0 Å². The number of aryl methyl sites for hydroxylation is 1. The van der Waals surface area contributed by atoms with Gasteiger partial charge < -0.3 is 10.3 Å². The van der Waals surface area contributed by atoms with Gasteiger partial charge >= 0.3 is 0 Å². The molecule has 96 valence electrons. The number of nitrogen functional groups attached to an aromatic ring is 1. The Hall–Kier alpha value is -1.30. The van der Waals surface area contributed by atoms with E-state index < -0.39 is 14.6 Å². The van der Waals surface area contributed by atoms with Gasteiger partial charge in [-0.25, -0.2) is 8.42 Å². The van der Waals surface area contributed by atoms with Gasteiger partial charge in [-0.2, -0.15) is 0 Å². The third-order valence-corrected chi connectivity index (χ3v) is 5.13. The van der Waals surface area contributed by atoms with E-state index in [1.54, 1.807) is 20.8 Å². The highest BCUT2D eigenvalue weighted by atomic mass is 32.2. The van der Waals surface area contributed by atoms with Crippen molar-refractivity contribution in [1.29, 1.82) is 0 Å². The maximum atomic E-state index is 11.9. The number of nitrogens with two attached hydrogens (primary N) is 1. The Bertz CT molecular complexity index is 553. The maximum absolute atomic E-state index is 11.9. The third-order valence-electron chi connectivity index (χ3n) is 2.54. The second-order valence-corrected chi connectivity index (χ2v) is 7.79. The van der Waals surface area contributed by atoms with Crippen LogP contribution >= 0.6 is 0 Å². The predicted molar refractivity (Wildman–Crippen MR) is 68.7 cm³/mol. The molecule has 1 aromatic heterocycles. The van der Waals surface area contributed by atoms with Crippen LogP contribution in [0.25, 0.3) is 0 Å². The van der Waals surface area contributed by atoms with Gasteiger partial charge in [-0.05, 0) is 26.8 Å². The number of nitrogens with zero attached hydrogens (tertiary/aromatic N) is 1. The molecule has 0 aliphatic heterocycles. The van der Waals surface area contributed by atoms with Crippen molar-refractivity contribution in [3.8, 4) is 0 Å². The molecule has 0 bridgehead atoms. The highest BCUT2D eigenvalue weighted by Crippen LogP contribution is 2.16. The van der Waals surface area contributed by atoms with E-state index in [-0.39, 0.29) is 17.9 Å². The molecule has 1 heterocycles. The van der Waals surface area contributed by atoms with Gasteiger partial charge in [0.05, 0.1) is 10.5 Å². The van der Waals surface area contributed by atoms with E-state index >= 15 is 0 Å². The quantitative estimate of drug-likeness (QED) is 0.862. The first kappa shape index (κ1) is 13.8. The zero-order valence-corrected chi connectivity index (χ0v) is 11.1. The number of aromatic nitrogens is 1. The summed E-state index contributed by atoms with van der Waals surface area (Å²) < 4.78 is 24.3. The summed E-state index contributed by atoms with van der Waals surface area (Å²) in [6, 6.07) is 2.83. The van der Waals surface area contributed by atoms with Crippen LogP contribution in [0.15, 0.2) is 23.1 Å². The average molecular weight is 258 g/mol. The molecule has 1 aromatic rings. The molecule has 0 fully saturated rings. The molecule has 0 saturated carbocycles. The van der Waals surface area contributed by atoms with Crippen LogP contribution in [0.2, 0.25) is 0 Å². The lowest BCUT2D eigenvalue weighted by Gasteiger charge is -2.19. The van der Waals surface area contributed by atoms with Gasteiger partial charge in [-0.15, -0.1) is 0 Å². The molecule has 0 unspecified atom stereocenters. The van der Waals surface area contributed by atoms with Crippen molar-refractivity contribution in [2.75, 3.05) is 11.5 Å². The first-order valence-electron chi connectivity index (χ1n) is 5.32. The largest absolute Gasteiger partial charge is 0.398 e. The Balaban J connectivity index is 2.89. The fraction of sp³-hybridized carbons (Fsp3) is 0.545. The van der Waals surface area contributed by atoms with Crippen molar-refractivity contribution in [2.45, 2.75) is 32.1 Å². The summed E-state index contributed by atoms with van der Waals surface area (Å²) >= 11 is 0. The summed E-state index contributed by atoms with van der Waals surface area (Å²) in [7, 11) is -3.23. The first-order chi connectivity index (χ1) is 7.63. The molecular formula is C11H18N2O3S. The zero-order valence-electron chi connectivity index (χ0n) is 10.3. The monoisotopic (exact) mass is 258 g/mol. The van der Waals surface area contributed by atoms with Gasteiger partial charge in [-0.1, -0.05) is 0 Å². The van der Waals surface area contributed by atoms with Crippen molar-refractivity contribution in [2.24, 2.45) is 0 Å². The van der Waals surface area contributed by atoms with E-state index in [9.17, 15) is 13.2 Å². The molecule has 17 heavy (non-hydrogen) atoms. The highest BCUT2D eigenvalue weighted by Gasteiger charge is 2.28. The lowest BCUT2D eigenvalue weighted by molar-refractivity contribution is 0.552. The number of hydrogen-bond acceptors (Lipinski definition) is 4. The standard InChI is InChI=1S/C11H18N2O3S/c1-11(2,3)17(15,16)7-6-13-8-9(12)4-5-10(13)14/h4-5,8H,6-7,12H2,1-3H3. The summed E-state index contributed by atoms with van der Waals surface area (Å²) in [6.07, 6.45) is 1.46. The van der Waals surface area contributed by atoms with Gasteiger partial charge in [-0.3, -0.25) is 4.79 Å². The molecule has 0 amide bonds. The first-order valence-corrected chi connectivity index (χ1v) is 6.97. The van der Waals surface area contributed by atoms with Crippen molar-refractivity contribution >= 4 is 15.5 Å². The lowest BCUT2D eigenvalue weighted by Crippen LogP contribution is -2.33. The van der Waals surface area contributed by atoms with Crippen LogP contribution in [-0.2, 0) is 16.4 Å². The second kappa shape index (κ2) is 4.52. The van der Waals surface area contributed by atoms with Gasteiger partial charge in [0.15, 0.2) is 9.84 Å². The van der Waals surface area contributed by atoms with E-state index in [1.165, 1.54) is 22.9 Å². The van der Waals surface area contributed by atoms with Crippen LogP contribution < -0.4 is 11.3 Å². The molecule has 0 atom stereocenters. The third kappa shape index (κ3) is 3.33. The fourth-order valence-corrected chi connectivity index (χ4v) is 2.30. The molecule has 0 aliphatic rings. The van der Waals surface area contributed by atoms with Crippen molar-refractivity contribution in [1.82, 2.24) is 4.57 Å². The number of pyridine rings is 1.